The Morgan fingerprint density at radius 3 is 1.34 bits per heavy atom. The molecule has 0 heterocycles. The third-order valence-electron chi connectivity index (χ3n) is 10.4. The minimum absolute atomic E-state index is 0.491. The predicted molar refractivity (Wildman–Crippen MR) is 218 cm³/mol. The predicted octanol–water partition coefficient (Wildman–Crippen LogP) is 14.1. The van der Waals surface area contributed by atoms with E-state index >= 15 is 0 Å². The van der Waals surface area contributed by atoms with Crippen LogP contribution in [0.2, 0.25) is 0 Å². The normalized spacial score (nSPS) is 17.1. The van der Waals surface area contributed by atoms with Crippen molar-refractivity contribution in [1.29, 1.82) is 0 Å². The molecule has 0 amide bonds. The lowest BCUT2D eigenvalue weighted by Gasteiger charge is -2.19. The van der Waals surface area contributed by atoms with E-state index in [0.29, 0.717) is 11.8 Å². The minimum Gasteiger partial charge on any atom is -0.0776 e. The Kier molecular flexibility index (Phi) is 8.85. The molecule has 2 unspecified atom stereocenters. The highest BCUT2D eigenvalue weighted by Crippen LogP contribution is 2.45. The lowest BCUT2D eigenvalue weighted by molar-refractivity contribution is 0.775. The van der Waals surface area contributed by atoms with Gasteiger partial charge in [0, 0.05) is 0 Å². The Morgan fingerprint density at radius 1 is 0.380 bits per heavy atom. The van der Waals surface area contributed by atoms with Crippen LogP contribution < -0.4 is 0 Å². The van der Waals surface area contributed by atoms with E-state index in [9.17, 15) is 0 Å². The van der Waals surface area contributed by atoms with Gasteiger partial charge < -0.3 is 0 Å². The summed E-state index contributed by atoms with van der Waals surface area (Å²) in [6, 6.07) is 45.1. The minimum atomic E-state index is 0.491. The van der Waals surface area contributed by atoms with E-state index in [1.165, 1.54) is 77.2 Å². The smallest absolute Gasteiger partial charge is 0.00261 e. The maximum Gasteiger partial charge on any atom is -0.00261 e. The Labute approximate surface area is 296 Å². The van der Waals surface area contributed by atoms with Crippen LogP contribution >= 0.6 is 0 Å². The van der Waals surface area contributed by atoms with Gasteiger partial charge in [0.2, 0.25) is 0 Å². The molecule has 242 valence electrons. The number of rotatable bonds is 7. The number of benzene rings is 6. The summed E-state index contributed by atoms with van der Waals surface area (Å²) < 4.78 is 0. The van der Waals surface area contributed by atoms with Crippen molar-refractivity contribution < 1.29 is 0 Å². The van der Waals surface area contributed by atoms with E-state index in [0.717, 1.165) is 12.8 Å². The summed E-state index contributed by atoms with van der Waals surface area (Å²) in [5, 5.41) is 5.07. The van der Waals surface area contributed by atoms with Crippen molar-refractivity contribution in [2.75, 3.05) is 0 Å². The maximum absolute atomic E-state index is 2.40. The molecule has 0 aliphatic heterocycles. The van der Waals surface area contributed by atoms with E-state index in [-0.39, 0.29) is 0 Å². The van der Waals surface area contributed by atoms with Crippen LogP contribution in [-0.4, -0.2) is 0 Å². The van der Waals surface area contributed by atoms with Crippen LogP contribution in [0.5, 0.6) is 0 Å². The van der Waals surface area contributed by atoms with Crippen molar-refractivity contribution >= 4 is 32.7 Å². The van der Waals surface area contributed by atoms with Crippen LogP contribution in [0.1, 0.15) is 37.8 Å². The first-order valence-electron chi connectivity index (χ1n) is 18.1. The standard InChI is InChI=1S/C50H42/c1-3-35-12-10-16-38(22-20-35)40-24-28-42(29-25-40)49-45-18-8-9-19-46(45)50(48-34-44(32-33-47(48)49)37-14-6-5-7-15-37)43-30-26-41(27-31-43)39-17-11-13-36(4-2)21-23-39/h5-36H,3-4H2,1-2H3. The fourth-order valence-corrected chi connectivity index (χ4v) is 7.50. The Hall–Kier alpha value is -5.72. The third-order valence-corrected chi connectivity index (χ3v) is 10.4. The fourth-order valence-electron chi connectivity index (χ4n) is 7.50. The third kappa shape index (κ3) is 6.14. The van der Waals surface area contributed by atoms with Crippen molar-refractivity contribution in [1.82, 2.24) is 0 Å². The highest BCUT2D eigenvalue weighted by atomic mass is 14.2. The van der Waals surface area contributed by atoms with E-state index in [1.807, 2.05) is 0 Å². The summed E-state index contributed by atoms with van der Waals surface area (Å²) in [6.45, 7) is 4.48. The van der Waals surface area contributed by atoms with Gasteiger partial charge in [-0.2, -0.15) is 0 Å². The zero-order valence-electron chi connectivity index (χ0n) is 28.9. The first kappa shape index (κ1) is 31.5. The molecule has 50 heavy (non-hydrogen) atoms. The van der Waals surface area contributed by atoms with Crippen LogP contribution in [0.25, 0.3) is 66.1 Å². The van der Waals surface area contributed by atoms with Crippen LogP contribution in [-0.2, 0) is 0 Å². The Morgan fingerprint density at radius 2 is 0.820 bits per heavy atom. The van der Waals surface area contributed by atoms with Gasteiger partial charge in [-0.1, -0.05) is 190 Å². The molecule has 2 aliphatic rings. The van der Waals surface area contributed by atoms with Crippen LogP contribution in [0.4, 0.5) is 0 Å². The van der Waals surface area contributed by atoms with Crippen molar-refractivity contribution in [3.63, 3.8) is 0 Å². The van der Waals surface area contributed by atoms with Crippen molar-refractivity contribution in [3.05, 3.63) is 193 Å². The lowest BCUT2D eigenvalue weighted by Crippen LogP contribution is -1.92. The summed E-state index contributed by atoms with van der Waals surface area (Å²) in [5.41, 5.74) is 12.5. The molecule has 0 heteroatoms. The summed E-state index contributed by atoms with van der Waals surface area (Å²) in [5.74, 6) is 0.985. The van der Waals surface area contributed by atoms with Crippen molar-refractivity contribution in [2.24, 2.45) is 11.8 Å². The van der Waals surface area contributed by atoms with Gasteiger partial charge in [-0.25, -0.2) is 0 Å². The van der Waals surface area contributed by atoms with Crippen molar-refractivity contribution in [3.8, 4) is 33.4 Å². The molecule has 2 atom stereocenters. The second-order valence-corrected chi connectivity index (χ2v) is 13.5. The first-order chi connectivity index (χ1) is 24.7. The molecule has 0 bridgehead atoms. The molecule has 0 saturated carbocycles. The number of allylic oxidation sites excluding steroid dienone is 12. The maximum atomic E-state index is 2.40. The molecule has 6 aromatic carbocycles. The highest BCUT2D eigenvalue weighted by molar-refractivity contribution is 6.22. The molecule has 2 aliphatic carbocycles. The SMILES string of the molecule is CCC1C=CC=C(c2ccc(-c3c4ccccc4c(-c4ccc(C5=CC=CC(CC)C=C5)cc4)c4cc(-c5ccccc5)ccc34)cc2)C=C1. The largest absolute Gasteiger partial charge is 0.0776 e. The van der Waals surface area contributed by atoms with Crippen molar-refractivity contribution in [2.45, 2.75) is 26.7 Å². The molecule has 0 nitrogen and oxygen atoms in total. The zero-order chi connectivity index (χ0) is 33.9. The molecule has 0 aromatic heterocycles. The summed E-state index contributed by atoms with van der Waals surface area (Å²) >= 11 is 0. The zero-order valence-corrected chi connectivity index (χ0v) is 28.9. The van der Waals surface area contributed by atoms with E-state index in [4.69, 9.17) is 0 Å². The number of hydrogen-bond donors (Lipinski definition) is 0. The Bertz CT molecular complexity index is 2350. The molecule has 0 saturated heterocycles. The Balaban J connectivity index is 1.29. The number of fused-ring (bicyclic) bond motifs is 2. The fraction of sp³-hybridized carbons (Fsp3) is 0.120. The lowest BCUT2D eigenvalue weighted by atomic mass is 9.84. The average molecular weight is 643 g/mol. The van der Waals surface area contributed by atoms with Crippen LogP contribution in [0, 0.1) is 11.8 Å². The topological polar surface area (TPSA) is 0 Å². The van der Waals surface area contributed by atoms with Crippen LogP contribution in [0.15, 0.2) is 182 Å². The second-order valence-electron chi connectivity index (χ2n) is 13.5. The van der Waals surface area contributed by atoms with E-state index in [1.54, 1.807) is 0 Å². The highest BCUT2D eigenvalue weighted by Gasteiger charge is 2.18. The molecule has 8 rings (SSSR count). The van der Waals surface area contributed by atoms with Crippen LogP contribution in [0.3, 0.4) is 0 Å². The molecule has 0 radical (unpaired) electrons. The average Bonchev–Trinajstić information content (AvgIpc) is 3.59. The van der Waals surface area contributed by atoms with E-state index < -0.39 is 0 Å². The van der Waals surface area contributed by atoms with Gasteiger partial charge in [0.15, 0.2) is 0 Å². The molecule has 0 fully saturated rings. The summed E-state index contributed by atoms with van der Waals surface area (Å²) in [4.78, 5) is 0. The summed E-state index contributed by atoms with van der Waals surface area (Å²) in [7, 11) is 0. The second kappa shape index (κ2) is 14.0. The van der Waals surface area contributed by atoms with Gasteiger partial charge in [-0.05, 0) is 108 Å². The molecular formula is C50H42. The molecular weight excluding hydrogens is 601 g/mol. The van der Waals surface area contributed by atoms with Gasteiger partial charge in [0.25, 0.3) is 0 Å². The molecule has 0 N–H and O–H groups in total. The molecule has 0 spiro atoms. The van der Waals surface area contributed by atoms with Gasteiger partial charge in [0.05, 0.1) is 0 Å². The monoisotopic (exact) mass is 642 g/mol. The van der Waals surface area contributed by atoms with Gasteiger partial charge in [-0.15, -0.1) is 0 Å². The van der Waals surface area contributed by atoms with Gasteiger partial charge in [0.1, 0.15) is 0 Å². The van der Waals surface area contributed by atoms with Gasteiger partial charge >= 0.3 is 0 Å². The molecule has 6 aromatic rings. The van der Waals surface area contributed by atoms with Gasteiger partial charge in [-0.3, -0.25) is 0 Å². The quantitative estimate of drug-likeness (QED) is 0.152. The summed E-state index contributed by atoms with van der Waals surface area (Å²) in [6.07, 6.45) is 24.9. The van der Waals surface area contributed by atoms with E-state index in [2.05, 4.69) is 196 Å². The number of hydrogen-bond acceptors (Lipinski definition) is 0. The first-order valence-corrected chi connectivity index (χ1v) is 18.1.